The Kier molecular flexibility index (Phi) is 21.7. The molecule has 0 saturated heterocycles. The van der Waals surface area contributed by atoms with E-state index in [4.69, 9.17) is 18.0 Å². The van der Waals surface area contributed by atoms with Crippen LogP contribution in [0.1, 0.15) is 183 Å². The van der Waals surface area contributed by atoms with Gasteiger partial charge in [-0.25, -0.2) is 0 Å². The van der Waals surface area contributed by atoms with Crippen molar-refractivity contribution in [2.45, 2.75) is 251 Å². The molecule has 1 fully saturated rings. The first kappa shape index (κ1) is 50.8. The van der Waals surface area contributed by atoms with Gasteiger partial charge in [0.05, 0.1) is 19.3 Å². The highest BCUT2D eigenvalue weighted by Gasteiger charge is 2.55. The van der Waals surface area contributed by atoms with Crippen LogP contribution >= 0.6 is 0 Å². The Bertz CT molecular complexity index is 1000. The van der Waals surface area contributed by atoms with E-state index < -0.39 is 25.0 Å². The lowest BCUT2D eigenvalue weighted by Crippen LogP contribution is -2.51. The number of unbranched alkanes of at least 4 members (excludes halogenated alkanes) is 1. The molecule has 0 aromatic rings. The second-order valence-corrected chi connectivity index (χ2v) is 36.0. The van der Waals surface area contributed by atoms with E-state index in [2.05, 4.69) is 144 Å². The van der Waals surface area contributed by atoms with E-state index in [-0.39, 0.29) is 24.3 Å². The maximum absolute atomic E-state index is 11.8. The second kappa shape index (κ2) is 22.6. The van der Waals surface area contributed by atoms with Gasteiger partial charge in [0.2, 0.25) is 25.0 Å². The third-order valence-corrected chi connectivity index (χ3v) is 32.4. The molecule has 0 radical (unpaired) electrons. The van der Waals surface area contributed by atoms with Crippen molar-refractivity contribution in [2.24, 2.45) is 11.8 Å². The zero-order chi connectivity index (χ0) is 41.1. The number of ether oxygens (including phenoxy) is 1. The molecule has 5 atom stereocenters. The molecule has 0 aromatic carbocycles. The molecular weight excluding hydrogens is 705 g/mol. The Morgan fingerprint density at radius 3 is 1.36 bits per heavy atom. The molecular formula is C45H92O5Si3. The number of carbonyl (C=O) groups is 1. The number of hydrogen-bond acceptors (Lipinski definition) is 5. The summed E-state index contributed by atoms with van der Waals surface area (Å²) in [6, 6.07) is 0. The minimum atomic E-state index is -2.16. The molecule has 53 heavy (non-hydrogen) atoms. The molecule has 0 bridgehead atoms. The largest absolute Gasteiger partial charge is 0.469 e. The summed E-state index contributed by atoms with van der Waals surface area (Å²) in [7, 11) is -4.86. The van der Waals surface area contributed by atoms with Crippen molar-refractivity contribution in [3.8, 4) is 0 Å². The predicted octanol–water partition coefficient (Wildman–Crippen LogP) is 14.8. The average Bonchev–Trinajstić information content (AvgIpc) is 3.36. The van der Waals surface area contributed by atoms with Gasteiger partial charge in [0.15, 0.2) is 0 Å². The molecule has 0 heterocycles. The van der Waals surface area contributed by atoms with Crippen LogP contribution in [0.4, 0.5) is 0 Å². The first-order chi connectivity index (χ1) is 24.5. The van der Waals surface area contributed by atoms with Crippen molar-refractivity contribution >= 4 is 30.9 Å². The predicted molar refractivity (Wildman–Crippen MR) is 239 cm³/mol. The Morgan fingerprint density at radius 2 is 1.00 bits per heavy atom. The van der Waals surface area contributed by atoms with Gasteiger partial charge in [0, 0.05) is 12.5 Å². The van der Waals surface area contributed by atoms with Gasteiger partial charge in [-0.15, -0.1) is 0 Å². The normalized spacial score (nSPS) is 21.5. The Morgan fingerprint density at radius 1 is 0.604 bits per heavy atom. The summed E-state index contributed by atoms with van der Waals surface area (Å²) in [5.41, 5.74) is 4.93. The first-order valence-corrected chi connectivity index (χ1v) is 28.7. The van der Waals surface area contributed by atoms with E-state index in [1.54, 1.807) is 0 Å². The van der Waals surface area contributed by atoms with Crippen LogP contribution in [0.25, 0.3) is 0 Å². The van der Waals surface area contributed by atoms with Crippen molar-refractivity contribution in [2.75, 3.05) is 7.11 Å². The Labute approximate surface area is 334 Å². The van der Waals surface area contributed by atoms with Gasteiger partial charge in [-0.05, 0) is 107 Å². The number of hydrogen-bond donors (Lipinski definition) is 0. The lowest BCUT2D eigenvalue weighted by Gasteiger charge is -2.46. The SMILES string of the molecule is CCC(CC[C@@H]1[C@@H](C/C=C\CCCC(=O)OC)[C@@H](O[Si](C(C)C)(C(C)C)C(C)C)C[C@H]1O[Si](C(C)C)(C(C)C)C(C)C)O[Si](C(C)C)(C(C)C)C(C)C. The number of rotatable bonds is 25. The second-order valence-electron chi connectivity index (χ2n) is 19.7. The van der Waals surface area contributed by atoms with Crippen molar-refractivity contribution < 1.29 is 22.8 Å². The fourth-order valence-electron chi connectivity index (χ4n) is 11.7. The van der Waals surface area contributed by atoms with Crippen molar-refractivity contribution in [1.29, 1.82) is 0 Å². The maximum Gasteiger partial charge on any atom is 0.305 e. The monoisotopic (exact) mass is 797 g/mol. The molecule has 314 valence electrons. The van der Waals surface area contributed by atoms with Crippen LogP contribution in [-0.4, -0.2) is 56.3 Å². The molecule has 8 heteroatoms. The molecule has 1 saturated carbocycles. The van der Waals surface area contributed by atoms with E-state index in [0.29, 0.717) is 68.1 Å². The first-order valence-electron chi connectivity index (χ1n) is 22.3. The van der Waals surface area contributed by atoms with E-state index in [0.717, 1.165) is 44.9 Å². The fraction of sp³-hybridized carbons (Fsp3) is 0.933. The van der Waals surface area contributed by atoms with Crippen LogP contribution in [0, 0.1) is 11.8 Å². The summed E-state index contributed by atoms with van der Waals surface area (Å²) in [5.74, 6) is 0.672. The van der Waals surface area contributed by atoms with Gasteiger partial charge in [-0.1, -0.05) is 144 Å². The van der Waals surface area contributed by atoms with Crippen molar-refractivity contribution in [1.82, 2.24) is 0 Å². The van der Waals surface area contributed by atoms with Crippen LogP contribution in [-0.2, 0) is 22.8 Å². The third-order valence-electron chi connectivity index (χ3n) is 14.0. The molecule has 1 aliphatic carbocycles. The summed E-state index contributed by atoms with van der Waals surface area (Å²) in [6.45, 7) is 46.0. The van der Waals surface area contributed by atoms with Crippen molar-refractivity contribution in [3.05, 3.63) is 12.2 Å². The van der Waals surface area contributed by atoms with Crippen LogP contribution in [0.3, 0.4) is 0 Å². The average molecular weight is 797 g/mol. The molecule has 1 unspecified atom stereocenters. The smallest absolute Gasteiger partial charge is 0.305 e. The lowest BCUT2D eigenvalue weighted by molar-refractivity contribution is -0.140. The zero-order valence-corrected chi connectivity index (χ0v) is 41.9. The number of carbonyl (C=O) groups excluding carboxylic acids is 1. The summed E-state index contributed by atoms with van der Waals surface area (Å²) in [6.07, 6.45) is 12.8. The quantitative estimate of drug-likeness (QED) is 0.0399. The molecule has 5 nitrogen and oxygen atoms in total. The molecule has 1 rings (SSSR count). The topological polar surface area (TPSA) is 54.0 Å². The van der Waals surface area contributed by atoms with Gasteiger partial charge in [-0.2, -0.15) is 0 Å². The Balaban J connectivity index is 3.84. The van der Waals surface area contributed by atoms with Gasteiger partial charge in [0.25, 0.3) is 0 Å². The van der Waals surface area contributed by atoms with Gasteiger partial charge >= 0.3 is 5.97 Å². The summed E-state index contributed by atoms with van der Waals surface area (Å²) >= 11 is 0. The molecule has 0 aromatic heterocycles. The summed E-state index contributed by atoms with van der Waals surface area (Å²) < 4.78 is 28.1. The fourth-order valence-corrected chi connectivity index (χ4v) is 28.6. The molecule has 0 aliphatic heterocycles. The lowest BCUT2D eigenvalue weighted by atomic mass is 9.86. The number of esters is 1. The van der Waals surface area contributed by atoms with E-state index in [1.165, 1.54) is 7.11 Å². The van der Waals surface area contributed by atoms with Crippen LogP contribution in [0.2, 0.25) is 49.9 Å². The highest BCUT2D eigenvalue weighted by Crippen LogP contribution is 2.52. The van der Waals surface area contributed by atoms with Crippen molar-refractivity contribution in [3.63, 3.8) is 0 Å². The molecule has 0 N–H and O–H groups in total. The highest BCUT2D eigenvalue weighted by molar-refractivity contribution is 6.78. The highest BCUT2D eigenvalue weighted by atomic mass is 28.4. The van der Waals surface area contributed by atoms with E-state index in [9.17, 15) is 4.79 Å². The standard InChI is InChI=1S/C45H92O5Si3/c1-21-40(48-51(31(2)3,32(4)5)33(6)7)28-29-42-41(26-24-22-23-25-27-45(46)47-20)43(49-52(34(8)9,35(10)11)36(12)13)30-44(42)50-53(37(14)15,38(16)17)39(18)19/h22,24,31-44H,21,23,25-30H2,1-20H3/b24-22-/t40?,41-,42-,43+,44-/m1/s1. The van der Waals surface area contributed by atoms with Gasteiger partial charge < -0.3 is 18.0 Å². The minimum absolute atomic E-state index is 0.125. The van der Waals surface area contributed by atoms with E-state index in [1.807, 2.05) is 0 Å². The third kappa shape index (κ3) is 12.1. The van der Waals surface area contributed by atoms with Crippen LogP contribution < -0.4 is 0 Å². The van der Waals surface area contributed by atoms with Gasteiger partial charge in [0.1, 0.15) is 0 Å². The minimum Gasteiger partial charge on any atom is -0.469 e. The van der Waals surface area contributed by atoms with Crippen LogP contribution in [0.15, 0.2) is 12.2 Å². The Hall–Kier alpha value is -0.259. The molecule has 1 aliphatic rings. The summed E-state index contributed by atoms with van der Waals surface area (Å²) in [5, 5.41) is 0. The molecule has 0 amide bonds. The number of methoxy groups -OCH3 is 1. The van der Waals surface area contributed by atoms with E-state index >= 15 is 0 Å². The maximum atomic E-state index is 11.8. The zero-order valence-electron chi connectivity index (χ0n) is 38.9. The number of allylic oxidation sites excluding steroid dienone is 2. The van der Waals surface area contributed by atoms with Gasteiger partial charge in [-0.3, -0.25) is 4.79 Å². The van der Waals surface area contributed by atoms with Crippen LogP contribution in [0.5, 0.6) is 0 Å². The summed E-state index contributed by atoms with van der Waals surface area (Å²) in [4.78, 5) is 11.8. The molecule has 0 spiro atoms.